The molecule has 2 N–H and O–H groups in total. The largest absolute Gasteiger partial charge is 0.310 e. The summed E-state index contributed by atoms with van der Waals surface area (Å²) in [6, 6.07) is 0.675. The van der Waals surface area contributed by atoms with Crippen LogP contribution in [0.4, 0.5) is 0 Å². The molecule has 0 saturated heterocycles. The van der Waals surface area contributed by atoms with Gasteiger partial charge in [0.25, 0.3) is 0 Å². The first-order valence-electron chi connectivity index (χ1n) is 6.88. The lowest BCUT2D eigenvalue weighted by atomic mass is 9.74. The summed E-state index contributed by atoms with van der Waals surface area (Å²) in [5.74, 6) is 2.48. The molecular weight excluding hydrogens is 210 g/mol. The number of nitrogens with zero attached hydrogens (tertiary/aromatic N) is 1. The molecule has 0 bridgehead atoms. The number of nitrogens with one attached hydrogen (secondary N) is 2. The summed E-state index contributed by atoms with van der Waals surface area (Å²) in [5.41, 5.74) is 1.26. The van der Waals surface area contributed by atoms with Gasteiger partial charge in [0.05, 0.1) is 6.20 Å². The van der Waals surface area contributed by atoms with E-state index in [4.69, 9.17) is 0 Å². The quantitative estimate of drug-likeness (QED) is 0.842. The van der Waals surface area contributed by atoms with Crippen LogP contribution in [-0.4, -0.2) is 16.2 Å². The van der Waals surface area contributed by atoms with Crippen LogP contribution in [0, 0.1) is 17.8 Å². The Balaban J connectivity index is 1.90. The van der Waals surface area contributed by atoms with Gasteiger partial charge in [-0.1, -0.05) is 27.2 Å². The SMILES string of the molecule is CC1CCC(C(C)C)C(NCc2cn[nH]c2)C1. The highest BCUT2D eigenvalue weighted by molar-refractivity contribution is 5.02. The Bertz CT molecular complexity index is 318. The molecule has 1 aliphatic carbocycles. The summed E-state index contributed by atoms with van der Waals surface area (Å²) in [6.45, 7) is 8.03. The van der Waals surface area contributed by atoms with E-state index in [0.29, 0.717) is 6.04 Å². The summed E-state index contributed by atoms with van der Waals surface area (Å²) >= 11 is 0. The summed E-state index contributed by atoms with van der Waals surface area (Å²) in [6.07, 6.45) is 7.97. The molecule has 2 rings (SSSR count). The van der Waals surface area contributed by atoms with Crippen LogP contribution in [0.2, 0.25) is 0 Å². The fourth-order valence-electron chi connectivity index (χ4n) is 3.06. The van der Waals surface area contributed by atoms with E-state index in [1.807, 2.05) is 12.4 Å². The number of aromatic nitrogens is 2. The minimum Gasteiger partial charge on any atom is -0.310 e. The summed E-state index contributed by atoms with van der Waals surface area (Å²) < 4.78 is 0. The predicted molar refractivity (Wildman–Crippen MR) is 70.6 cm³/mol. The van der Waals surface area contributed by atoms with Crippen molar-refractivity contribution in [3.8, 4) is 0 Å². The summed E-state index contributed by atoms with van der Waals surface area (Å²) in [5, 5.41) is 10.6. The van der Waals surface area contributed by atoms with Crippen molar-refractivity contribution in [3.05, 3.63) is 18.0 Å². The number of hydrogen-bond donors (Lipinski definition) is 2. The van der Waals surface area contributed by atoms with E-state index in [-0.39, 0.29) is 0 Å². The molecule has 17 heavy (non-hydrogen) atoms. The summed E-state index contributed by atoms with van der Waals surface area (Å²) in [4.78, 5) is 0. The molecule has 3 heteroatoms. The van der Waals surface area contributed by atoms with E-state index < -0.39 is 0 Å². The fraction of sp³-hybridized carbons (Fsp3) is 0.786. The zero-order valence-corrected chi connectivity index (χ0v) is 11.2. The maximum absolute atomic E-state index is 3.99. The van der Waals surface area contributed by atoms with Crippen LogP contribution in [0.3, 0.4) is 0 Å². The molecule has 3 nitrogen and oxygen atoms in total. The van der Waals surface area contributed by atoms with Crippen LogP contribution in [0.5, 0.6) is 0 Å². The second kappa shape index (κ2) is 5.67. The Labute approximate surface area is 104 Å². The van der Waals surface area contributed by atoms with Crippen LogP contribution in [0.25, 0.3) is 0 Å². The Morgan fingerprint density at radius 2 is 2.29 bits per heavy atom. The second-order valence-corrected chi connectivity index (χ2v) is 5.92. The van der Waals surface area contributed by atoms with Crippen LogP contribution in [0.15, 0.2) is 12.4 Å². The van der Waals surface area contributed by atoms with Crippen molar-refractivity contribution in [3.63, 3.8) is 0 Å². The van der Waals surface area contributed by atoms with Gasteiger partial charge in [0.2, 0.25) is 0 Å². The third kappa shape index (κ3) is 3.32. The fourth-order valence-corrected chi connectivity index (χ4v) is 3.06. The predicted octanol–water partition coefficient (Wildman–Crippen LogP) is 2.96. The molecule has 0 aromatic carbocycles. The van der Waals surface area contributed by atoms with Gasteiger partial charge in [0.15, 0.2) is 0 Å². The lowest BCUT2D eigenvalue weighted by Gasteiger charge is -2.38. The average Bonchev–Trinajstić information content (AvgIpc) is 2.78. The Morgan fingerprint density at radius 3 is 2.94 bits per heavy atom. The van der Waals surface area contributed by atoms with E-state index >= 15 is 0 Å². The molecule has 1 fully saturated rings. The molecule has 1 saturated carbocycles. The van der Waals surface area contributed by atoms with Crippen molar-refractivity contribution in [2.24, 2.45) is 17.8 Å². The van der Waals surface area contributed by atoms with E-state index in [0.717, 1.165) is 24.3 Å². The molecule has 3 atom stereocenters. The molecule has 0 radical (unpaired) electrons. The summed E-state index contributed by atoms with van der Waals surface area (Å²) in [7, 11) is 0. The molecule has 96 valence electrons. The first kappa shape index (κ1) is 12.6. The second-order valence-electron chi connectivity index (χ2n) is 5.92. The topological polar surface area (TPSA) is 40.7 Å². The smallest absolute Gasteiger partial charge is 0.0532 e. The van der Waals surface area contributed by atoms with Gasteiger partial charge in [-0.3, -0.25) is 5.10 Å². The Kier molecular flexibility index (Phi) is 4.21. The van der Waals surface area contributed by atoms with Gasteiger partial charge < -0.3 is 5.32 Å². The van der Waals surface area contributed by atoms with E-state index in [1.165, 1.54) is 24.8 Å². The minimum atomic E-state index is 0.675. The number of hydrogen-bond acceptors (Lipinski definition) is 2. The third-order valence-electron chi connectivity index (χ3n) is 4.15. The molecule has 1 aromatic heterocycles. The van der Waals surface area contributed by atoms with Gasteiger partial charge in [0.1, 0.15) is 0 Å². The maximum Gasteiger partial charge on any atom is 0.0532 e. The van der Waals surface area contributed by atoms with E-state index in [2.05, 4.69) is 36.3 Å². The van der Waals surface area contributed by atoms with Crippen LogP contribution >= 0.6 is 0 Å². The van der Waals surface area contributed by atoms with Crippen molar-refractivity contribution in [1.29, 1.82) is 0 Å². The monoisotopic (exact) mass is 235 g/mol. The van der Waals surface area contributed by atoms with Crippen LogP contribution in [0.1, 0.15) is 45.6 Å². The minimum absolute atomic E-state index is 0.675. The highest BCUT2D eigenvalue weighted by Gasteiger charge is 2.30. The zero-order chi connectivity index (χ0) is 12.3. The molecular formula is C14H25N3. The van der Waals surface area contributed by atoms with Gasteiger partial charge in [-0.25, -0.2) is 0 Å². The lowest BCUT2D eigenvalue weighted by Crippen LogP contribution is -2.42. The van der Waals surface area contributed by atoms with Gasteiger partial charge in [-0.05, 0) is 30.6 Å². The Morgan fingerprint density at radius 1 is 1.47 bits per heavy atom. The number of rotatable bonds is 4. The molecule has 0 spiro atoms. The highest BCUT2D eigenvalue weighted by atomic mass is 15.1. The van der Waals surface area contributed by atoms with E-state index in [1.54, 1.807) is 0 Å². The van der Waals surface area contributed by atoms with Crippen molar-refractivity contribution < 1.29 is 0 Å². The lowest BCUT2D eigenvalue weighted by molar-refractivity contribution is 0.169. The van der Waals surface area contributed by atoms with Crippen molar-refractivity contribution >= 4 is 0 Å². The normalized spacial score (nSPS) is 29.8. The zero-order valence-electron chi connectivity index (χ0n) is 11.2. The molecule has 1 aliphatic rings. The first-order valence-corrected chi connectivity index (χ1v) is 6.88. The number of aromatic amines is 1. The molecule has 0 aliphatic heterocycles. The number of H-pyrrole nitrogens is 1. The van der Waals surface area contributed by atoms with Gasteiger partial charge in [-0.15, -0.1) is 0 Å². The molecule has 1 heterocycles. The van der Waals surface area contributed by atoms with Crippen LogP contribution < -0.4 is 5.32 Å². The van der Waals surface area contributed by atoms with E-state index in [9.17, 15) is 0 Å². The van der Waals surface area contributed by atoms with Crippen LogP contribution in [-0.2, 0) is 6.54 Å². The maximum atomic E-state index is 3.99. The van der Waals surface area contributed by atoms with Gasteiger partial charge >= 0.3 is 0 Å². The van der Waals surface area contributed by atoms with Gasteiger partial charge in [-0.2, -0.15) is 5.10 Å². The van der Waals surface area contributed by atoms with Crippen molar-refractivity contribution in [2.45, 2.75) is 52.6 Å². The van der Waals surface area contributed by atoms with Crippen molar-refractivity contribution in [2.75, 3.05) is 0 Å². The van der Waals surface area contributed by atoms with Crippen molar-refractivity contribution in [1.82, 2.24) is 15.5 Å². The standard InChI is InChI=1S/C14H25N3/c1-10(2)13-5-4-11(3)6-14(13)15-7-12-8-16-17-9-12/h8-11,13-15H,4-7H2,1-3H3,(H,16,17). The molecule has 3 unspecified atom stereocenters. The third-order valence-corrected chi connectivity index (χ3v) is 4.15. The highest BCUT2D eigenvalue weighted by Crippen LogP contribution is 2.33. The Hall–Kier alpha value is -0.830. The first-order chi connectivity index (χ1) is 8.16. The molecule has 1 aromatic rings. The average molecular weight is 235 g/mol. The van der Waals surface area contributed by atoms with Gasteiger partial charge in [0, 0.05) is 24.3 Å². The molecule has 0 amide bonds.